The minimum atomic E-state index is -0.103. The van der Waals surface area contributed by atoms with Crippen molar-refractivity contribution in [1.82, 2.24) is 9.97 Å². The Balaban J connectivity index is 2.24. The minimum Gasteiger partial charge on any atom is -0.306 e. The summed E-state index contributed by atoms with van der Waals surface area (Å²) in [5.41, 5.74) is 2.21. The molecule has 0 aliphatic carbocycles. The fourth-order valence-corrected chi connectivity index (χ4v) is 3.48. The predicted molar refractivity (Wildman–Crippen MR) is 86.0 cm³/mol. The van der Waals surface area contributed by atoms with Crippen LogP contribution in [0.4, 0.5) is 0 Å². The second kappa shape index (κ2) is 5.34. The second-order valence-electron chi connectivity index (χ2n) is 4.35. The first-order chi connectivity index (χ1) is 9.66. The van der Waals surface area contributed by atoms with Crippen LogP contribution in [0.2, 0.25) is 0 Å². The number of hydrogen-bond acceptors (Lipinski definition) is 3. The van der Waals surface area contributed by atoms with Gasteiger partial charge in [0.05, 0.1) is 10.6 Å². The number of nitrogens with zero attached hydrogens (tertiary/aromatic N) is 1. The molecule has 1 aromatic carbocycles. The summed E-state index contributed by atoms with van der Waals surface area (Å²) in [5, 5.41) is 1.96. The summed E-state index contributed by atoms with van der Waals surface area (Å²) in [7, 11) is 0. The fraction of sp³-hybridized carbons (Fsp3) is 0.0667. The molecule has 0 bridgehead atoms. The van der Waals surface area contributed by atoms with Gasteiger partial charge in [0, 0.05) is 15.6 Å². The average Bonchev–Trinajstić information content (AvgIpc) is 2.89. The molecule has 0 unspecified atom stereocenters. The molecule has 3 aromatic rings. The van der Waals surface area contributed by atoms with E-state index in [1.54, 1.807) is 18.3 Å². The van der Waals surface area contributed by atoms with Gasteiger partial charge in [-0.25, -0.2) is 4.98 Å². The molecule has 20 heavy (non-hydrogen) atoms. The van der Waals surface area contributed by atoms with Crippen molar-refractivity contribution in [2.75, 3.05) is 0 Å². The smallest absolute Gasteiger partial charge is 0.254 e. The first-order valence-corrected chi connectivity index (χ1v) is 7.74. The van der Waals surface area contributed by atoms with Crippen LogP contribution in [-0.4, -0.2) is 9.97 Å². The molecule has 0 saturated heterocycles. The number of benzene rings is 1. The largest absolute Gasteiger partial charge is 0.306 e. The lowest BCUT2D eigenvalue weighted by Gasteiger charge is -2.07. The van der Waals surface area contributed by atoms with Crippen molar-refractivity contribution in [3.63, 3.8) is 0 Å². The molecule has 0 aliphatic rings. The first kappa shape index (κ1) is 13.3. The highest BCUT2D eigenvalue weighted by Gasteiger charge is 2.13. The molecule has 1 N–H and O–H groups in total. The second-order valence-corrected chi connectivity index (χ2v) is 6.12. The Morgan fingerprint density at radius 2 is 1.95 bits per heavy atom. The maximum atomic E-state index is 12.1. The number of nitrogens with one attached hydrogen (secondary N) is 1. The number of aromatic nitrogens is 2. The lowest BCUT2D eigenvalue weighted by molar-refractivity contribution is 1.10. The summed E-state index contributed by atoms with van der Waals surface area (Å²) >= 11 is 5.02. The Morgan fingerprint density at radius 1 is 1.20 bits per heavy atom. The van der Waals surface area contributed by atoms with E-state index < -0.39 is 0 Å². The van der Waals surface area contributed by atoms with Gasteiger partial charge in [0.1, 0.15) is 0 Å². The zero-order valence-corrected chi connectivity index (χ0v) is 13.1. The van der Waals surface area contributed by atoms with Crippen LogP contribution in [0.15, 0.2) is 51.0 Å². The summed E-state index contributed by atoms with van der Waals surface area (Å²) in [6.45, 7) is 1.79. The Labute approximate surface area is 128 Å². The number of H-pyrrole nitrogens is 1. The van der Waals surface area contributed by atoms with Gasteiger partial charge in [-0.1, -0.05) is 30.3 Å². The highest BCUT2D eigenvalue weighted by atomic mass is 79.9. The van der Waals surface area contributed by atoms with E-state index in [-0.39, 0.29) is 5.56 Å². The maximum absolute atomic E-state index is 12.1. The van der Waals surface area contributed by atoms with E-state index in [1.165, 1.54) is 0 Å². The molecule has 2 aromatic heterocycles. The van der Waals surface area contributed by atoms with E-state index in [1.807, 2.05) is 41.8 Å². The van der Waals surface area contributed by atoms with E-state index in [0.717, 1.165) is 20.6 Å². The van der Waals surface area contributed by atoms with Gasteiger partial charge >= 0.3 is 0 Å². The lowest BCUT2D eigenvalue weighted by Crippen LogP contribution is -2.14. The van der Waals surface area contributed by atoms with Gasteiger partial charge in [-0.2, -0.15) is 0 Å². The molecule has 0 spiro atoms. The van der Waals surface area contributed by atoms with E-state index >= 15 is 0 Å². The molecule has 0 radical (unpaired) electrons. The van der Waals surface area contributed by atoms with Gasteiger partial charge in [0.2, 0.25) is 0 Å². The molecule has 0 fully saturated rings. The number of halogens is 1. The Morgan fingerprint density at radius 3 is 2.60 bits per heavy atom. The number of thiophene rings is 1. The molecule has 0 amide bonds. The minimum absolute atomic E-state index is 0.103. The monoisotopic (exact) mass is 346 g/mol. The van der Waals surface area contributed by atoms with Crippen molar-refractivity contribution < 1.29 is 0 Å². The first-order valence-electron chi connectivity index (χ1n) is 6.06. The molecular formula is C15H11BrN2OS. The summed E-state index contributed by atoms with van der Waals surface area (Å²) in [4.78, 5) is 20.5. The van der Waals surface area contributed by atoms with Crippen LogP contribution < -0.4 is 5.56 Å². The van der Waals surface area contributed by atoms with Gasteiger partial charge in [-0.15, -0.1) is 11.3 Å². The summed E-state index contributed by atoms with van der Waals surface area (Å²) < 4.78 is 0.938. The molecule has 0 saturated carbocycles. The summed E-state index contributed by atoms with van der Waals surface area (Å²) in [5.74, 6) is 0.598. The highest BCUT2D eigenvalue weighted by Crippen LogP contribution is 2.32. The van der Waals surface area contributed by atoms with Crippen LogP contribution in [-0.2, 0) is 0 Å². The van der Waals surface area contributed by atoms with Gasteiger partial charge in [-0.3, -0.25) is 4.79 Å². The normalized spacial score (nSPS) is 10.7. The standard InChI is InChI=1S/C15H11BrN2OS/c1-9-12(10-5-3-2-4-6-10)17-14(18-15(9)19)13-11(16)7-8-20-13/h2-8H,1H3,(H,17,18,19). The SMILES string of the molecule is Cc1c(-c2ccccc2)nc(-c2sccc2Br)[nH]c1=O. The van der Waals surface area contributed by atoms with Crippen molar-refractivity contribution in [3.05, 3.63) is 62.2 Å². The molecule has 0 aliphatic heterocycles. The van der Waals surface area contributed by atoms with Crippen molar-refractivity contribution >= 4 is 27.3 Å². The van der Waals surface area contributed by atoms with Crippen LogP contribution in [0, 0.1) is 6.92 Å². The van der Waals surface area contributed by atoms with E-state index in [4.69, 9.17) is 0 Å². The van der Waals surface area contributed by atoms with Gasteiger partial charge in [0.25, 0.3) is 5.56 Å². The number of aromatic amines is 1. The van der Waals surface area contributed by atoms with Gasteiger partial charge in [-0.05, 0) is 34.3 Å². The topological polar surface area (TPSA) is 45.8 Å². The van der Waals surface area contributed by atoms with Crippen molar-refractivity contribution in [2.24, 2.45) is 0 Å². The molecule has 5 heteroatoms. The van der Waals surface area contributed by atoms with Crippen LogP contribution >= 0.6 is 27.3 Å². The zero-order valence-electron chi connectivity index (χ0n) is 10.7. The third kappa shape index (κ3) is 2.34. The third-order valence-corrected chi connectivity index (χ3v) is 4.88. The van der Waals surface area contributed by atoms with Gasteiger partial charge < -0.3 is 4.98 Å². The third-order valence-electron chi connectivity index (χ3n) is 3.03. The quantitative estimate of drug-likeness (QED) is 0.754. The molecule has 3 rings (SSSR count). The molecule has 3 nitrogen and oxygen atoms in total. The van der Waals surface area contributed by atoms with Crippen LogP contribution in [0.1, 0.15) is 5.56 Å². The van der Waals surface area contributed by atoms with E-state index in [0.29, 0.717) is 11.4 Å². The summed E-state index contributed by atoms with van der Waals surface area (Å²) in [6.07, 6.45) is 0. The highest BCUT2D eigenvalue weighted by molar-refractivity contribution is 9.10. The average molecular weight is 347 g/mol. The number of rotatable bonds is 2. The van der Waals surface area contributed by atoms with Crippen molar-refractivity contribution in [1.29, 1.82) is 0 Å². The number of hydrogen-bond donors (Lipinski definition) is 1. The fourth-order valence-electron chi connectivity index (χ4n) is 1.98. The zero-order chi connectivity index (χ0) is 14.1. The van der Waals surface area contributed by atoms with Crippen molar-refractivity contribution in [3.8, 4) is 22.0 Å². The summed E-state index contributed by atoms with van der Waals surface area (Å²) in [6, 6.07) is 11.7. The van der Waals surface area contributed by atoms with E-state index in [2.05, 4.69) is 25.9 Å². The van der Waals surface area contributed by atoms with E-state index in [9.17, 15) is 4.79 Å². The van der Waals surface area contributed by atoms with Crippen LogP contribution in [0.5, 0.6) is 0 Å². The lowest BCUT2D eigenvalue weighted by atomic mass is 10.1. The maximum Gasteiger partial charge on any atom is 0.254 e. The Hall–Kier alpha value is -1.72. The molecule has 2 heterocycles. The Kier molecular flexibility index (Phi) is 3.54. The molecule has 100 valence electrons. The molecular weight excluding hydrogens is 336 g/mol. The van der Waals surface area contributed by atoms with Crippen LogP contribution in [0.25, 0.3) is 22.0 Å². The van der Waals surface area contributed by atoms with Crippen LogP contribution in [0.3, 0.4) is 0 Å². The molecule has 0 atom stereocenters. The van der Waals surface area contributed by atoms with Gasteiger partial charge in [0.15, 0.2) is 5.82 Å². The Bertz CT molecular complexity index is 808. The predicted octanol–water partition coefficient (Wildman–Crippen LogP) is 4.24. The van der Waals surface area contributed by atoms with Crippen molar-refractivity contribution in [2.45, 2.75) is 6.92 Å².